The lowest BCUT2D eigenvalue weighted by molar-refractivity contribution is -0.130. The number of nitrogens with one attached hydrogen (secondary N) is 1. The van der Waals surface area contributed by atoms with Crippen LogP contribution >= 0.6 is 0 Å². The summed E-state index contributed by atoms with van der Waals surface area (Å²) >= 11 is 0. The molecular weight excluding hydrogens is 298 g/mol. The Morgan fingerprint density at radius 2 is 1.96 bits per heavy atom. The third-order valence-corrected chi connectivity index (χ3v) is 4.17. The minimum Gasteiger partial charge on any atom is -0.341 e. The van der Waals surface area contributed by atoms with Gasteiger partial charge < -0.3 is 10.3 Å². The molecule has 2 aromatic carbocycles. The van der Waals surface area contributed by atoms with E-state index in [0.717, 1.165) is 34.7 Å². The number of hydrogen-bond acceptors (Lipinski definition) is 3. The molecule has 0 atom stereocenters. The molecule has 0 aliphatic carbocycles. The Kier molecular flexibility index (Phi) is 6.51. The Bertz CT molecular complexity index is 761. The first-order chi connectivity index (χ1) is 11.7. The first-order valence-corrected chi connectivity index (χ1v) is 8.37. The average Bonchev–Trinajstić information content (AvgIpc) is 2.62. The van der Waals surface area contributed by atoms with E-state index in [1.165, 1.54) is 6.21 Å². The van der Waals surface area contributed by atoms with Crippen molar-refractivity contribution in [3.8, 4) is 6.07 Å². The summed E-state index contributed by atoms with van der Waals surface area (Å²) in [7, 11) is 0. The molecule has 0 aromatic heterocycles. The van der Waals surface area contributed by atoms with Crippen LogP contribution in [-0.4, -0.2) is 30.1 Å². The van der Waals surface area contributed by atoms with Gasteiger partial charge in [0.05, 0.1) is 18.9 Å². The van der Waals surface area contributed by atoms with E-state index >= 15 is 0 Å². The van der Waals surface area contributed by atoms with E-state index in [-0.39, 0.29) is 5.91 Å². The van der Waals surface area contributed by atoms with Crippen molar-refractivity contribution >= 4 is 22.9 Å². The summed E-state index contributed by atoms with van der Waals surface area (Å²) < 4.78 is 0. The van der Waals surface area contributed by atoms with E-state index in [4.69, 9.17) is 10.7 Å². The van der Waals surface area contributed by atoms with Crippen molar-refractivity contribution in [2.75, 3.05) is 13.1 Å². The van der Waals surface area contributed by atoms with Crippen LogP contribution in [-0.2, 0) is 11.2 Å². The van der Waals surface area contributed by atoms with Crippen molar-refractivity contribution in [2.24, 2.45) is 0 Å². The Morgan fingerprint density at radius 3 is 2.62 bits per heavy atom. The van der Waals surface area contributed by atoms with Crippen molar-refractivity contribution in [3.05, 3.63) is 47.5 Å². The van der Waals surface area contributed by atoms with Crippen LogP contribution in [0.5, 0.6) is 0 Å². The van der Waals surface area contributed by atoms with E-state index in [0.29, 0.717) is 25.9 Å². The highest BCUT2D eigenvalue weighted by Gasteiger charge is 2.15. The summed E-state index contributed by atoms with van der Waals surface area (Å²) in [5.74, 6) is 0.0615. The van der Waals surface area contributed by atoms with Gasteiger partial charge in [0, 0.05) is 19.3 Å². The topological polar surface area (TPSA) is 68.0 Å². The number of nitrogens with zero attached hydrogens (tertiary/aromatic N) is 2. The summed E-state index contributed by atoms with van der Waals surface area (Å²) in [4.78, 5) is 14.5. The number of carbonyl (C=O) groups excluding carboxylic acids is 1. The minimum absolute atomic E-state index is 0.0615. The fraction of sp³-hybridized carbons (Fsp3) is 0.350. The molecule has 24 heavy (non-hydrogen) atoms. The number of carbonyl (C=O) groups is 1. The molecule has 0 radical (unpaired) electrons. The molecule has 0 aliphatic heterocycles. The monoisotopic (exact) mass is 321 g/mol. The maximum absolute atomic E-state index is 12.7. The molecule has 0 unspecified atom stereocenters. The van der Waals surface area contributed by atoms with Crippen molar-refractivity contribution < 1.29 is 4.79 Å². The Hall–Kier alpha value is -2.67. The van der Waals surface area contributed by atoms with Crippen molar-refractivity contribution in [2.45, 2.75) is 32.6 Å². The third-order valence-electron chi connectivity index (χ3n) is 4.17. The second-order valence-electron chi connectivity index (χ2n) is 5.82. The van der Waals surface area contributed by atoms with Gasteiger partial charge in [-0.1, -0.05) is 49.7 Å². The Balaban J connectivity index is 2.25. The van der Waals surface area contributed by atoms with Gasteiger partial charge in [-0.15, -0.1) is 0 Å². The van der Waals surface area contributed by atoms with Gasteiger partial charge in [0.1, 0.15) is 0 Å². The molecule has 2 rings (SSSR count). The number of unbranched alkanes of at least 4 members (excludes halogenated alkanes) is 1. The number of nitriles is 1. The van der Waals surface area contributed by atoms with Crippen LogP contribution in [0.15, 0.2) is 36.4 Å². The predicted molar refractivity (Wildman–Crippen MR) is 97.3 cm³/mol. The van der Waals surface area contributed by atoms with E-state index in [1.54, 1.807) is 4.90 Å². The molecule has 4 heteroatoms. The van der Waals surface area contributed by atoms with Crippen LogP contribution in [0, 0.1) is 16.7 Å². The highest BCUT2D eigenvalue weighted by atomic mass is 16.2. The highest BCUT2D eigenvalue weighted by Crippen LogP contribution is 2.23. The normalized spacial score (nSPS) is 10.3. The summed E-state index contributed by atoms with van der Waals surface area (Å²) in [6.07, 6.45) is 4.00. The number of hydrogen-bond donors (Lipinski definition) is 1. The molecule has 2 aromatic rings. The molecule has 1 N–H and O–H groups in total. The van der Waals surface area contributed by atoms with Gasteiger partial charge in [-0.2, -0.15) is 5.26 Å². The summed E-state index contributed by atoms with van der Waals surface area (Å²) in [5.41, 5.74) is 1.83. The van der Waals surface area contributed by atoms with Gasteiger partial charge in [-0.25, -0.2) is 0 Å². The maximum atomic E-state index is 12.7. The lowest BCUT2D eigenvalue weighted by Gasteiger charge is -2.22. The second-order valence-corrected chi connectivity index (χ2v) is 5.82. The van der Waals surface area contributed by atoms with Crippen LogP contribution < -0.4 is 0 Å². The first kappa shape index (κ1) is 17.7. The van der Waals surface area contributed by atoms with Gasteiger partial charge in [-0.3, -0.25) is 4.79 Å². The zero-order valence-corrected chi connectivity index (χ0v) is 14.1. The minimum atomic E-state index is 0.0615. The van der Waals surface area contributed by atoms with Crippen LogP contribution in [0.4, 0.5) is 0 Å². The number of rotatable bonds is 8. The molecule has 1 amide bonds. The van der Waals surface area contributed by atoms with Crippen LogP contribution in [0.1, 0.15) is 37.3 Å². The molecule has 0 aliphatic rings. The first-order valence-electron chi connectivity index (χ1n) is 8.37. The lowest BCUT2D eigenvalue weighted by atomic mass is 9.98. The average molecular weight is 321 g/mol. The Morgan fingerprint density at radius 1 is 1.21 bits per heavy atom. The molecule has 0 saturated heterocycles. The number of fused-ring (bicyclic) bond motifs is 1. The van der Waals surface area contributed by atoms with Crippen molar-refractivity contribution in [1.29, 1.82) is 10.7 Å². The summed E-state index contributed by atoms with van der Waals surface area (Å²) in [5, 5.41) is 18.3. The van der Waals surface area contributed by atoms with Gasteiger partial charge in [0.2, 0.25) is 5.91 Å². The molecule has 0 spiro atoms. The molecule has 0 bridgehead atoms. The fourth-order valence-corrected chi connectivity index (χ4v) is 2.83. The smallest absolute Gasteiger partial charge is 0.227 e. The maximum Gasteiger partial charge on any atom is 0.227 e. The quantitative estimate of drug-likeness (QED) is 0.749. The molecule has 124 valence electrons. The van der Waals surface area contributed by atoms with E-state index in [9.17, 15) is 4.79 Å². The van der Waals surface area contributed by atoms with Gasteiger partial charge in [0.25, 0.3) is 0 Å². The summed E-state index contributed by atoms with van der Waals surface area (Å²) in [6, 6.07) is 13.8. The van der Waals surface area contributed by atoms with Crippen molar-refractivity contribution in [3.63, 3.8) is 0 Å². The largest absolute Gasteiger partial charge is 0.341 e. The molecule has 0 fully saturated rings. The predicted octanol–water partition coefficient (Wildman–Crippen LogP) is 3.92. The number of amides is 1. The highest BCUT2D eigenvalue weighted by molar-refractivity contribution is 6.01. The lowest BCUT2D eigenvalue weighted by Crippen LogP contribution is -2.34. The van der Waals surface area contributed by atoms with Crippen LogP contribution in [0.25, 0.3) is 10.8 Å². The van der Waals surface area contributed by atoms with Gasteiger partial charge >= 0.3 is 0 Å². The fourth-order valence-electron chi connectivity index (χ4n) is 2.83. The number of benzene rings is 2. The zero-order valence-electron chi connectivity index (χ0n) is 14.1. The van der Waals surface area contributed by atoms with Gasteiger partial charge in [0.15, 0.2) is 0 Å². The zero-order chi connectivity index (χ0) is 17.4. The van der Waals surface area contributed by atoms with Gasteiger partial charge in [-0.05, 0) is 28.3 Å². The Labute approximate surface area is 143 Å². The molecule has 0 saturated carbocycles. The molecule has 0 heterocycles. The molecular formula is C20H23N3O. The van der Waals surface area contributed by atoms with Crippen LogP contribution in [0.2, 0.25) is 0 Å². The summed E-state index contributed by atoms with van der Waals surface area (Å²) in [6.45, 7) is 3.29. The van der Waals surface area contributed by atoms with E-state index < -0.39 is 0 Å². The van der Waals surface area contributed by atoms with E-state index in [1.807, 2.05) is 36.4 Å². The standard InChI is InChI=1S/C20H23N3O/c1-2-3-12-23(13-6-11-21)20(24)14-16-9-10-17(15-22)19-8-5-4-7-18(16)19/h4-5,7-10,15,22H,2-3,6,12-14H2,1H3. The second kappa shape index (κ2) is 8.83. The van der Waals surface area contributed by atoms with Crippen molar-refractivity contribution in [1.82, 2.24) is 4.90 Å². The SMILES string of the molecule is CCCCN(CCC#N)C(=O)Cc1ccc(C=N)c2ccccc12. The van der Waals surface area contributed by atoms with Crippen LogP contribution in [0.3, 0.4) is 0 Å². The third kappa shape index (κ3) is 4.20. The molecule has 4 nitrogen and oxygen atoms in total. The van der Waals surface area contributed by atoms with E-state index in [2.05, 4.69) is 13.0 Å².